The number of piperidine rings is 1. The van der Waals surface area contributed by atoms with Crippen LogP contribution in [0.3, 0.4) is 0 Å². The van der Waals surface area contributed by atoms with Crippen molar-refractivity contribution in [3.05, 3.63) is 16.8 Å². The molecule has 25 heavy (non-hydrogen) atoms. The Kier molecular flexibility index (Phi) is 6.37. The molecule has 2 aromatic heterocycles. The van der Waals surface area contributed by atoms with Gasteiger partial charge >= 0.3 is 0 Å². The molecule has 2 fully saturated rings. The van der Waals surface area contributed by atoms with Crippen LogP contribution in [-0.2, 0) is 0 Å². The first kappa shape index (κ1) is 20.0. The topological polar surface area (TPSA) is 95.8 Å². The molecule has 0 bridgehead atoms. The fourth-order valence-corrected chi connectivity index (χ4v) is 3.74. The third kappa shape index (κ3) is 3.79. The highest BCUT2D eigenvalue weighted by Crippen LogP contribution is 2.32. The van der Waals surface area contributed by atoms with E-state index in [2.05, 4.69) is 30.4 Å². The van der Waals surface area contributed by atoms with Gasteiger partial charge in [-0.05, 0) is 32.2 Å². The van der Waals surface area contributed by atoms with Crippen LogP contribution >= 0.6 is 36.4 Å². The molecule has 2 saturated heterocycles. The van der Waals surface area contributed by atoms with Gasteiger partial charge in [-0.3, -0.25) is 5.10 Å². The third-order valence-electron chi connectivity index (χ3n) is 4.77. The van der Waals surface area contributed by atoms with Crippen LogP contribution in [0.2, 0.25) is 5.02 Å². The maximum absolute atomic E-state index is 6.29. The maximum Gasteiger partial charge on any atom is 0.222 e. The Balaban J connectivity index is 0.00000113. The predicted octanol–water partition coefficient (Wildman–Crippen LogP) is 2.44. The highest BCUT2D eigenvalue weighted by molar-refractivity contribution is 6.33. The van der Waals surface area contributed by atoms with Gasteiger partial charge in [0.05, 0.1) is 16.4 Å². The summed E-state index contributed by atoms with van der Waals surface area (Å²) in [5.41, 5.74) is 8.02. The Morgan fingerprint density at radius 1 is 1.28 bits per heavy atom. The molecule has 0 unspecified atom stereocenters. The predicted molar refractivity (Wildman–Crippen MR) is 105 cm³/mol. The summed E-state index contributed by atoms with van der Waals surface area (Å²) in [5.74, 6) is 1.78. The number of anilines is 2. The number of rotatable bonds is 2. The molecule has 0 radical (unpaired) electrons. The average Bonchev–Trinajstić information content (AvgIpc) is 3.11. The molecule has 138 valence electrons. The van der Waals surface area contributed by atoms with Gasteiger partial charge in [-0.2, -0.15) is 10.1 Å². The third-order valence-corrected chi connectivity index (χ3v) is 5.23. The minimum Gasteiger partial charge on any atom is -0.368 e. The number of nitrogens with two attached hydrogens (primary N) is 1. The number of nitrogens with zero attached hydrogens (tertiary/aromatic N) is 4. The zero-order valence-electron chi connectivity index (χ0n) is 13.8. The first-order chi connectivity index (χ1) is 11.1. The zero-order chi connectivity index (χ0) is 16.0. The summed E-state index contributed by atoms with van der Waals surface area (Å²) in [6.07, 6.45) is 2.51. The summed E-state index contributed by atoms with van der Waals surface area (Å²) < 4.78 is 0. The van der Waals surface area contributed by atoms with Gasteiger partial charge in [0.2, 0.25) is 5.95 Å². The summed E-state index contributed by atoms with van der Waals surface area (Å²) in [6.45, 7) is 4.93. The maximum atomic E-state index is 6.29. The van der Waals surface area contributed by atoms with Crippen LogP contribution in [0.4, 0.5) is 11.8 Å². The monoisotopic (exact) mass is 405 g/mol. The van der Waals surface area contributed by atoms with Crippen LogP contribution in [-0.4, -0.2) is 45.8 Å². The van der Waals surface area contributed by atoms with Crippen molar-refractivity contribution >= 4 is 48.2 Å². The molecule has 2 aliphatic rings. The van der Waals surface area contributed by atoms with E-state index in [1.54, 1.807) is 0 Å². The number of aromatic nitrogens is 4. The summed E-state index contributed by atoms with van der Waals surface area (Å²) in [4.78, 5) is 11.0. The number of aromatic amines is 1. The molecular formula is C15H22Cl3N7. The smallest absolute Gasteiger partial charge is 0.222 e. The van der Waals surface area contributed by atoms with Gasteiger partial charge in [0.25, 0.3) is 0 Å². The molecule has 4 rings (SSSR count). The number of hydrogen-bond donors (Lipinski definition) is 3. The summed E-state index contributed by atoms with van der Waals surface area (Å²) in [6, 6.07) is 2.47. The SMILES string of the molecule is Cc1[nH]nc(-c2cc(N3C[C@H]4CCCN[C@H]4C3)nc(N)n2)c1Cl.Cl.Cl. The second-order valence-corrected chi connectivity index (χ2v) is 6.73. The minimum absolute atomic E-state index is 0. The van der Waals surface area contributed by atoms with Gasteiger partial charge in [0.15, 0.2) is 0 Å². The van der Waals surface area contributed by atoms with E-state index in [1.165, 1.54) is 12.8 Å². The quantitative estimate of drug-likeness (QED) is 0.709. The largest absolute Gasteiger partial charge is 0.368 e. The first-order valence-corrected chi connectivity index (χ1v) is 8.33. The number of fused-ring (bicyclic) bond motifs is 1. The molecule has 0 aromatic carbocycles. The molecule has 2 aliphatic heterocycles. The van der Waals surface area contributed by atoms with Crippen molar-refractivity contribution in [2.45, 2.75) is 25.8 Å². The van der Waals surface area contributed by atoms with Crippen LogP contribution in [0.1, 0.15) is 18.5 Å². The summed E-state index contributed by atoms with van der Waals surface area (Å²) >= 11 is 6.29. The fraction of sp³-hybridized carbons (Fsp3) is 0.533. The molecule has 2 atom stereocenters. The van der Waals surface area contributed by atoms with Crippen LogP contribution in [0.15, 0.2) is 6.07 Å². The van der Waals surface area contributed by atoms with E-state index in [-0.39, 0.29) is 30.8 Å². The van der Waals surface area contributed by atoms with Gasteiger partial charge in [-0.1, -0.05) is 11.6 Å². The van der Waals surface area contributed by atoms with Crippen molar-refractivity contribution in [1.29, 1.82) is 0 Å². The van der Waals surface area contributed by atoms with Crippen molar-refractivity contribution in [2.24, 2.45) is 5.92 Å². The number of nitrogens with one attached hydrogen (secondary N) is 2. The zero-order valence-corrected chi connectivity index (χ0v) is 16.2. The standard InChI is InChI=1S/C15H20ClN7.2ClH/c1-8-13(16)14(22-21-8)10-5-12(20-15(17)19-10)23-6-9-3-2-4-18-11(9)7-23;;/h5,9,11,18H,2-4,6-7H2,1H3,(H,21,22)(H2,17,19,20);2*1H/t9-,11+;;/m1../s1. The highest BCUT2D eigenvalue weighted by atomic mass is 35.5. The Morgan fingerprint density at radius 3 is 2.76 bits per heavy atom. The van der Waals surface area contributed by atoms with Crippen molar-refractivity contribution < 1.29 is 0 Å². The van der Waals surface area contributed by atoms with E-state index in [0.717, 1.165) is 31.1 Å². The average molecular weight is 407 g/mol. The highest BCUT2D eigenvalue weighted by Gasteiger charge is 2.35. The van der Waals surface area contributed by atoms with Crippen molar-refractivity contribution in [1.82, 2.24) is 25.5 Å². The summed E-state index contributed by atoms with van der Waals surface area (Å²) in [7, 11) is 0. The second-order valence-electron chi connectivity index (χ2n) is 6.35. The van der Waals surface area contributed by atoms with Crippen LogP contribution < -0.4 is 16.0 Å². The van der Waals surface area contributed by atoms with E-state index in [0.29, 0.717) is 28.4 Å². The van der Waals surface area contributed by atoms with Gasteiger partial charge in [-0.15, -0.1) is 24.8 Å². The lowest BCUT2D eigenvalue weighted by atomic mass is 9.94. The molecule has 0 spiro atoms. The Hall–Kier alpha value is -1.28. The van der Waals surface area contributed by atoms with E-state index >= 15 is 0 Å². The van der Waals surface area contributed by atoms with Crippen molar-refractivity contribution in [3.63, 3.8) is 0 Å². The van der Waals surface area contributed by atoms with Gasteiger partial charge in [0.1, 0.15) is 11.5 Å². The van der Waals surface area contributed by atoms with Crippen molar-refractivity contribution in [2.75, 3.05) is 30.3 Å². The van der Waals surface area contributed by atoms with Crippen LogP contribution in [0.25, 0.3) is 11.4 Å². The lowest BCUT2D eigenvalue weighted by Gasteiger charge is -2.24. The fourth-order valence-electron chi connectivity index (χ4n) is 3.55. The number of hydrogen-bond acceptors (Lipinski definition) is 6. The van der Waals surface area contributed by atoms with Crippen LogP contribution in [0.5, 0.6) is 0 Å². The first-order valence-electron chi connectivity index (χ1n) is 7.95. The van der Waals surface area contributed by atoms with Gasteiger partial charge < -0.3 is 16.0 Å². The number of nitrogen functional groups attached to an aromatic ring is 1. The minimum atomic E-state index is 0. The molecule has 0 amide bonds. The second kappa shape index (κ2) is 7.95. The van der Waals surface area contributed by atoms with E-state index in [4.69, 9.17) is 17.3 Å². The van der Waals surface area contributed by atoms with Gasteiger partial charge in [0, 0.05) is 25.2 Å². The Morgan fingerprint density at radius 2 is 2.08 bits per heavy atom. The lowest BCUT2D eigenvalue weighted by molar-refractivity contribution is 0.340. The molecule has 0 saturated carbocycles. The summed E-state index contributed by atoms with van der Waals surface area (Å²) in [5, 5.41) is 11.3. The van der Waals surface area contributed by atoms with E-state index < -0.39 is 0 Å². The Labute approximate surface area is 163 Å². The van der Waals surface area contributed by atoms with Crippen LogP contribution in [0, 0.1) is 12.8 Å². The number of aryl methyl sites for hydroxylation is 1. The molecule has 2 aromatic rings. The number of halogens is 3. The molecule has 4 heterocycles. The molecule has 7 nitrogen and oxygen atoms in total. The molecule has 0 aliphatic carbocycles. The molecular weight excluding hydrogens is 385 g/mol. The number of H-pyrrole nitrogens is 1. The molecule has 4 N–H and O–H groups in total. The molecule has 10 heteroatoms. The van der Waals surface area contributed by atoms with E-state index in [1.807, 2.05) is 13.0 Å². The van der Waals surface area contributed by atoms with Gasteiger partial charge in [-0.25, -0.2) is 4.98 Å². The van der Waals surface area contributed by atoms with Crippen molar-refractivity contribution in [3.8, 4) is 11.4 Å². The Bertz CT molecular complexity index is 722. The lowest BCUT2D eigenvalue weighted by Crippen LogP contribution is -2.40. The normalized spacial score (nSPS) is 22.1. The van der Waals surface area contributed by atoms with E-state index in [9.17, 15) is 0 Å².